The lowest BCUT2D eigenvalue weighted by Gasteiger charge is -2.34. The number of nitrogens with one attached hydrogen (secondary N) is 1. The molecule has 0 aliphatic heterocycles. The number of amides is 2. The number of hydrogen-bond donors (Lipinski definition) is 1. The Balaban J connectivity index is 2.11. The quantitative estimate of drug-likeness (QED) is 0.327. The summed E-state index contributed by atoms with van der Waals surface area (Å²) >= 11 is 12.3. The van der Waals surface area contributed by atoms with Crippen LogP contribution in [-0.4, -0.2) is 62.7 Å². The first-order valence-corrected chi connectivity index (χ1v) is 14.6. The Hall–Kier alpha value is -3.18. The third-order valence-electron chi connectivity index (χ3n) is 6.10. The van der Waals surface area contributed by atoms with Gasteiger partial charge in [0, 0.05) is 33.6 Å². The molecule has 2 amide bonds. The molecule has 0 aliphatic rings. The van der Waals surface area contributed by atoms with Crippen molar-refractivity contribution in [3.63, 3.8) is 0 Å². The standard InChI is InChI=1S/C28H31Cl2FN4O4S/c1-4-32-28(37)26(17-20-10-6-5-7-11-20)34(18-21-14-15-22(29)23(30)16-21)27(36)19-35(40(38,39)33(2)3)25-13-9-8-12-24(25)31/h5-16,26H,4,17-19H2,1-3H3,(H,32,37)/t26-/m0/s1. The smallest absolute Gasteiger partial charge is 0.304 e. The first-order chi connectivity index (χ1) is 18.9. The predicted molar refractivity (Wildman–Crippen MR) is 156 cm³/mol. The third-order valence-corrected chi connectivity index (χ3v) is 8.64. The summed E-state index contributed by atoms with van der Waals surface area (Å²) in [5.41, 5.74) is 1.06. The van der Waals surface area contributed by atoms with Crippen LogP contribution in [0.5, 0.6) is 0 Å². The largest absolute Gasteiger partial charge is 0.355 e. The maximum absolute atomic E-state index is 14.8. The maximum atomic E-state index is 14.8. The van der Waals surface area contributed by atoms with Gasteiger partial charge in [0.05, 0.1) is 15.7 Å². The van der Waals surface area contributed by atoms with Crippen molar-refractivity contribution < 1.29 is 22.4 Å². The lowest BCUT2D eigenvalue weighted by molar-refractivity contribution is -0.140. The number of hydrogen-bond acceptors (Lipinski definition) is 4. The molecule has 0 heterocycles. The number of benzene rings is 3. The summed E-state index contributed by atoms with van der Waals surface area (Å²) in [5, 5.41) is 3.34. The summed E-state index contributed by atoms with van der Waals surface area (Å²) in [5.74, 6) is -1.96. The summed E-state index contributed by atoms with van der Waals surface area (Å²) in [6.07, 6.45) is 0.153. The molecule has 1 atom stereocenters. The normalized spacial score (nSPS) is 12.2. The van der Waals surface area contributed by atoms with Gasteiger partial charge < -0.3 is 10.2 Å². The molecule has 0 bridgehead atoms. The zero-order valence-corrected chi connectivity index (χ0v) is 24.7. The van der Waals surface area contributed by atoms with Gasteiger partial charge in [-0.25, -0.2) is 8.70 Å². The Morgan fingerprint density at radius 2 is 1.57 bits per heavy atom. The van der Waals surface area contributed by atoms with Crippen LogP contribution in [0.2, 0.25) is 10.0 Å². The SMILES string of the molecule is CCNC(=O)[C@H](Cc1ccccc1)N(Cc1ccc(Cl)c(Cl)c1)C(=O)CN(c1ccccc1F)S(=O)(=O)N(C)C. The van der Waals surface area contributed by atoms with E-state index in [2.05, 4.69) is 5.32 Å². The molecule has 3 aromatic rings. The molecule has 0 aromatic heterocycles. The monoisotopic (exact) mass is 608 g/mol. The van der Waals surface area contributed by atoms with Crippen molar-refractivity contribution in [3.05, 3.63) is 99.8 Å². The van der Waals surface area contributed by atoms with E-state index in [0.29, 0.717) is 21.4 Å². The van der Waals surface area contributed by atoms with Crippen LogP contribution in [0, 0.1) is 5.82 Å². The molecule has 0 spiro atoms. The number of para-hydroxylation sites is 1. The number of likely N-dealkylation sites (N-methyl/N-ethyl adjacent to an activating group) is 1. The van der Waals surface area contributed by atoms with E-state index in [1.807, 2.05) is 30.3 Å². The number of anilines is 1. The van der Waals surface area contributed by atoms with E-state index < -0.39 is 40.4 Å². The van der Waals surface area contributed by atoms with E-state index in [-0.39, 0.29) is 23.7 Å². The summed E-state index contributed by atoms with van der Waals surface area (Å²) in [6.45, 7) is 1.23. The van der Waals surface area contributed by atoms with Gasteiger partial charge in [-0.1, -0.05) is 71.7 Å². The summed E-state index contributed by atoms with van der Waals surface area (Å²) in [7, 11) is -1.73. The average Bonchev–Trinajstić information content (AvgIpc) is 2.92. The second-order valence-corrected chi connectivity index (χ2v) is 12.0. The van der Waals surface area contributed by atoms with Crippen LogP contribution in [-0.2, 0) is 32.8 Å². The highest BCUT2D eigenvalue weighted by Crippen LogP contribution is 2.26. The zero-order valence-electron chi connectivity index (χ0n) is 22.4. The van der Waals surface area contributed by atoms with E-state index in [0.717, 1.165) is 15.9 Å². The van der Waals surface area contributed by atoms with Crippen molar-refractivity contribution in [1.29, 1.82) is 0 Å². The second kappa shape index (κ2) is 13.9. The van der Waals surface area contributed by atoms with Crippen molar-refractivity contribution in [2.24, 2.45) is 0 Å². The van der Waals surface area contributed by atoms with Gasteiger partial charge in [0.2, 0.25) is 11.8 Å². The van der Waals surface area contributed by atoms with Gasteiger partial charge in [-0.3, -0.25) is 9.59 Å². The van der Waals surface area contributed by atoms with Gasteiger partial charge in [0.15, 0.2) is 0 Å². The predicted octanol–water partition coefficient (Wildman–Crippen LogP) is 4.52. The average molecular weight is 610 g/mol. The third kappa shape index (κ3) is 7.72. The lowest BCUT2D eigenvalue weighted by Crippen LogP contribution is -2.54. The molecule has 0 saturated carbocycles. The minimum atomic E-state index is -4.30. The molecule has 0 aliphatic carbocycles. The Bertz CT molecular complexity index is 1440. The van der Waals surface area contributed by atoms with Gasteiger partial charge >= 0.3 is 10.2 Å². The van der Waals surface area contributed by atoms with Crippen LogP contribution >= 0.6 is 23.2 Å². The zero-order chi connectivity index (χ0) is 29.4. The van der Waals surface area contributed by atoms with E-state index >= 15 is 0 Å². The van der Waals surface area contributed by atoms with Crippen LogP contribution < -0.4 is 9.62 Å². The molecule has 3 rings (SSSR count). The fraction of sp³-hybridized carbons (Fsp3) is 0.286. The van der Waals surface area contributed by atoms with E-state index in [9.17, 15) is 22.4 Å². The molecule has 8 nitrogen and oxygen atoms in total. The first kappa shape index (κ1) is 31.3. The summed E-state index contributed by atoms with van der Waals surface area (Å²) < 4.78 is 43.0. The van der Waals surface area contributed by atoms with Crippen molar-refractivity contribution in [3.8, 4) is 0 Å². The van der Waals surface area contributed by atoms with E-state index in [4.69, 9.17) is 23.2 Å². The molecular weight excluding hydrogens is 578 g/mol. The molecule has 0 saturated heterocycles. The van der Waals surface area contributed by atoms with Crippen LogP contribution in [0.4, 0.5) is 10.1 Å². The number of rotatable bonds is 12. The van der Waals surface area contributed by atoms with E-state index in [1.165, 1.54) is 37.2 Å². The Kier molecular flexibility index (Phi) is 10.9. The van der Waals surface area contributed by atoms with Crippen LogP contribution in [0.25, 0.3) is 0 Å². The van der Waals surface area contributed by atoms with Gasteiger partial charge in [-0.15, -0.1) is 0 Å². The van der Waals surface area contributed by atoms with Crippen molar-refractivity contribution >= 4 is 50.9 Å². The van der Waals surface area contributed by atoms with Crippen molar-refractivity contribution in [2.45, 2.75) is 25.9 Å². The number of carbonyl (C=O) groups is 2. The molecule has 12 heteroatoms. The molecule has 1 N–H and O–H groups in total. The first-order valence-electron chi connectivity index (χ1n) is 12.5. The molecule has 0 fully saturated rings. The number of nitrogens with zero attached hydrogens (tertiary/aromatic N) is 3. The molecule has 214 valence electrons. The van der Waals surface area contributed by atoms with Crippen molar-refractivity contribution in [2.75, 3.05) is 31.5 Å². The Morgan fingerprint density at radius 3 is 2.17 bits per heavy atom. The topological polar surface area (TPSA) is 90.0 Å². The lowest BCUT2D eigenvalue weighted by atomic mass is 10.0. The second-order valence-electron chi connectivity index (χ2n) is 9.12. The Morgan fingerprint density at radius 1 is 0.925 bits per heavy atom. The molecule has 3 aromatic carbocycles. The van der Waals surface area contributed by atoms with Gasteiger partial charge in [-0.05, 0) is 42.3 Å². The van der Waals surface area contributed by atoms with Crippen molar-refractivity contribution in [1.82, 2.24) is 14.5 Å². The van der Waals surface area contributed by atoms with Crippen LogP contribution in [0.3, 0.4) is 0 Å². The van der Waals surface area contributed by atoms with Crippen LogP contribution in [0.1, 0.15) is 18.1 Å². The Labute approximate surface area is 244 Å². The van der Waals surface area contributed by atoms with Gasteiger partial charge in [0.1, 0.15) is 18.4 Å². The highest BCUT2D eigenvalue weighted by atomic mass is 35.5. The maximum Gasteiger partial charge on any atom is 0.304 e. The fourth-order valence-corrected chi connectivity index (χ4v) is 5.42. The van der Waals surface area contributed by atoms with Gasteiger partial charge in [0.25, 0.3) is 0 Å². The minimum absolute atomic E-state index is 0.0858. The van der Waals surface area contributed by atoms with Crippen LogP contribution in [0.15, 0.2) is 72.8 Å². The summed E-state index contributed by atoms with van der Waals surface area (Å²) in [4.78, 5) is 28.7. The summed E-state index contributed by atoms with van der Waals surface area (Å²) in [6, 6.07) is 18.2. The molecule has 0 radical (unpaired) electrons. The number of halogens is 3. The highest BCUT2D eigenvalue weighted by molar-refractivity contribution is 7.90. The highest BCUT2D eigenvalue weighted by Gasteiger charge is 2.35. The fourth-order valence-electron chi connectivity index (χ4n) is 4.04. The molecular formula is C28H31Cl2FN4O4S. The minimum Gasteiger partial charge on any atom is -0.355 e. The molecule has 0 unspecified atom stereocenters. The molecule has 40 heavy (non-hydrogen) atoms. The number of carbonyl (C=O) groups excluding carboxylic acids is 2. The van der Waals surface area contributed by atoms with E-state index in [1.54, 1.807) is 25.1 Å². The van der Waals surface area contributed by atoms with Gasteiger partial charge in [-0.2, -0.15) is 12.7 Å².